The largest absolute Gasteiger partial charge is 0.480 e. The van der Waals surface area contributed by atoms with E-state index in [-0.39, 0.29) is 24.4 Å². The van der Waals surface area contributed by atoms with Gasteiger partial charge in [-0.15, -0.1) is 0 Å². The molecule has 3 N–H and O–H groups in total. The van der Waals surface area contributed by atoms with Gasteiger partial charge < -0.3 is 15.7 Å². The summed E-state index contributed by atoms with van der Waals surface area (Å²) in [5.74, 6) is -0.329. The topological polar surface area (TPSA) is 83.6 Å². The summed E-state index contributed by atoms with van der Waals surface area (Å²) in [6.07, 6.45) is 5.31. The molecule has 5 nitrogen and oxygen atoms in total. The summed E-state index contributed by atoms with van der Waals surface area (Å²) in [6, 6.07) is 0.107. The Labute approximate surface area is 121 Å². The van der Waals surface area contributed by atoms with Gasteiger partial charge in [0.15, 0.2) is 0 Å². The lowest BCUT2D eigenvalue weighted by Gasteiger charge is -2.29. The van der Waals surface area contributed by atoms with Crippen molar-refractivity contribution in [2.75, 3.05) is 13.1 Å². The van der Waals surface area contributed by atoms with Crippen molar-refractivity contribution >= 4 is 11.9 Å². The van der Waals surface area contributed by atoms with Gasteiger partial charge in [-0.2, -0.15) is 0 Å². The first-order chi connectivity index (χ1) is 9.43. The van der Waals surface area contributed by atoms with Gasteiger partial charge in [0, 0.05) is 12.5 Å². The molecule has 0 aromatic heterocycles. The molecule has 1 fully saturated rings. The first kappa shape index (κ1) is 17.0. The molecule has 0 aromatic rings. The van der Waals surface area contributed by atoms with Gasteiger partial charge in [0.25, 0.3) is 0 Å². The Kier molecular flexibility index (Phi) is 6.99. The highest BCUT2D eigenvalue weighted by Crippen LogP contribution is 2.25. The van der Waals surface area contributed by atoms with Gasteiger partial charge in [-0.1, -0.05) is 26.7 Å². The number of amides is 1. The SMILES string of the molecule is CC(C)CC(CN)CC(=O)N(CC(=O)O)C1CCCC1. The zero-order valence-electron chi connectivity index (χ0n) is 12.7. The molecule has 1 aliphatic rings. The summed E-state index contributed by atoms with van der Waals surface area (Å²) >= 11 is 0. The van der Waals surface area contributed by atoms with Crippen molar-refractivity contribution in [3.8, 4) is 0 Å². The molecule has 5 heteroatoms. The second kappa shape index (κ2) is 8.25. The van der Waals surface area contributed by atoms with Crippen LogP contribution in [0.5, 0.6) is 0 Å². The molecule has 1 aliphatic carbocycles. The van der Waals surface area contributed by atoms with Gasteiger partial charge in [0.05, 0.1) is 0 Å². The van der Waals surface area contributed by atoms with Crippen LogP contribution in [-0.2, 0) is 9.59 Å². The number of aliphatic carboxylic acids is 1. The van der Waals surface area contributed by atoms with Crippen LogP contribution in [-0.4, -0.2) is 41.0 Å². The molecular formula is C15H28N2O3. The number of carbonyl (C=O) groups is 2. The van der Waals surface area contributed by atoms with Crippen molar-refractivity contribution in [2.24, 2.45) is 17.6 Å². The third-order valence-electron chi connectivity index (χ3n) is 3.99. The first-order valence-corrected chi connectivity index (χ1v) is 7.65. The number of carboxylic acids is 1. The fourth-order valence-corrected chi connectivity index (χ4v) is 3.08. The van der Waals surface area contributed by atoms with E-state index in [0.29, 0.717) is 18.9 Å². The Hall–Kier alpha value is -1.10. The number of rotatable bonds is 8. The van der Waals surface area contributed by atoms with E-state index in [2.05, 4.69) is 13.8 Å². The number of carboxylic acid groups (broad SMARTS) is 1. The Bertz CT molecular complexity index is 325. The Morgan fingerprint density at radius 1 is 1.30 bits per heavy atom. The molecule has 0 aliphatic heterocycles. The standard InChI is InChI=1S/C15H28N2O3/c1-11(2)7-12(9-16)8-14(18)17(10-15(19)20)13-5-3-4-6-13/h11-13H,3-10,16H2,1-2H3,(H,19,20). The highest BCUT2D eigenvalue weighted by atomic mass is 16.4. The van der Waals surface area contributed by atoms with Crippen LogP contribution in [0.2, 0.25) is 0 Å². The minimum Gasteiger partial charge on any atom is -0.480 e. The molecule has 0 aromatic carbocycles. The number of carbonyl (C=O) groups excluding carboxylic acids is 1. The molecule has 1 amide bonds. The van der Waals surface area contributed by atoms with Crippen LogP contribution in [0.4, 0.5) is 0 Å². The summed E-state index contributed by atoms with van der Waals surface area (Å²) in [6.45, 7) is 4.52. The highest BCUT2D eigenvalue weighted by Gasteiger charge is 2.29. The Balaban J connectivity index is 2.63. The summed E-state index contributed by atoms with van der Waals surface area (Å²) in [5.41, 5.74) is 5.74. The van der Waals surface area contributed by atoms with Crippen molar-refractivity contribution in [3.63, 3.8) is 0 Å². The van der Waals surface area contributed by atoms with Crippen LogP contribution in [0.1, 0.15) is 52.4 Å². The smallest absolute Gasteiger partial charge is 0.323 e. The van der Waals surface area contributed by atoms with Crippen molar-refractivity contribution in [1.82, 2.24) is 4.90 Å². The molecule has 0 spiro atoms. The van der Waals surface area contributed by atoms with Crippen molar-refractivity contribution in [2.45, 2.75) is 58.4 Å². The van der Waals surface area contributed by atoms with Crippen molar-refractivity contribution in [3.05, 3.63) is 0 Å². The van der Waals surface area contributed by atoms with Crippen LogP contribution in [0.15, 0.2) is 0 Å². The fourth-order valence-electron chi connectivity index (χ4n) is 3.08. The van der Waals surface area contributed by atoms with Gasteiger partial charge in [-0.05, 0) is 37.6 Å². The molecule has 0 heterocycles. The monoisotopic (exact) mass is 284 g/mol. The second-order valence-corrected chi connectivity index (χ2v) is 6.29. The molecule has 0 radical (unpaired) electrons. The van der Waals surface area contributed by atoms with Crippen LogP contribution in [0.3, 0.4) is 0 Å². The predicted octanol–water partition coefficient (Wildman–Crippen LogP) is 1.85. The summed E-state index contributed by atoms with van der Waals surface area (Å²) in [7, 11) is 0. The number of nitrogens with zero attached hydrogens (tertiary/aromatic N) is 1. The average molecular weight is 284 g/mol. The van der Waals surface area contributed by atoms with E-state index in [1.54, 1.807) is 4.90 Å². The molecule has 1 rings (SSSR count). The highest BCUT2D eigenvalue weighted by molar-refractivity contribution is 5.81. The van der Waals surface area contributed by atoms with Crippen molar-refractivity contribution < 1.29 is 14.7 Å². The fraction of sp³-hybridized carbons (Fsp3) is 0.867. The third-order valence-corrected chi connectivity index (χ3v) is 3.99. The van der Waals surface area contributed by atoms with Gasteiger partial charge >= 0.3 is 5.97 Å². The first-order valence-electron chi connectivity index (χ1n) is 7.65. The van der Waals surface area contributed by atoms with Crippen LogP contribution in [0.25, 0.3) is 0 Å². The summed E-state index contributed by atoms with van der Waals surface area (Å²) in [5, 5.41) is 9.01. The van der Waals surface area contributed by atoms with E-state index in [9.17, 15) is 9.59 Å². The van der Waals surface area contributed by atoms with Crippen molar-refractivity contribution in [1.29, 1.82) is 0 Å². The number of nitrogens with two attached hydrogens (primary N) is 1. The molecule has 1 unspecified atom stereocenters. The minimum atomic E-state index is -0.932. The molecule has 0 saturated heterocycles. The summed E-state index contributed by atoms with van der Waals surface area (Å²) in [4.78, 5) is 25.0. The van der Waals surface area contributed by atoms with Crippen LogP contribution < -0.4 is 5.73 Å². The lowest BCUT2D eigenvalue weighted by Crippen LogP contribution is -2.43. The van der Waals surface area contributed by atoms with E-state index in [1.165, 1.54) is 0 Å². The van der Waals surface area contributed by atoms with E-state index >= 15 is 0 Å². The van der Waals surface area contributed by atoms with Crippen LogP contribution in [0, 0.1) is 11.8 Å². The predicted molar refractivity (Wildman–Crippen MR) is 78.2 cm³/mol. The second-order valence-electron chi connectivity index (χ2n) is 6.29. The maximum absolute atomic E-state index is 12.4. The molecule has 1 atom stereocenters. The van der Waals surface area contributed by atoms with E-state index in [0.717, 1.165) is 32.1 Å². The lowest BCUT2D eigenvalue weighted by molar-refractivity contribution is -0.146. The maximum atomic E-state index is 12.4. The molecule has 1 saturated carbocycles. The normalized spacial score (nSPS) is 17.4. The molecule has 116 valence electrons. The van der Waals surface area contributed by atoms with E-state index in [1.807, 2.05) is 0 Å². The minimum absolute atomic E-state index is 0.0459. The molecular weight excluding hydrogens is 256 g/mol. The van der Waals surface area contributed by atoms with Gasteiger partial charge in [0.2, 0.25) is 5.91 Å². The van der Waals surface area contributed by atoms with Gasteiger partial charge in [-0.25, -0.2) is 0 Å². The van der Waals surface area contributed by atoms with Gasteiger partial charge in [-0.3, -0.25) is 9.59 Å². The molecule has 0 bridgehead atoms. The van der Waals surface area contributed by atoms with Crippen LogP contribution >= 0.6 is 0 Å². The zero-order valence-corrected chi connectivity index (χ0v) is 12.7. The van der Waals surface area contributed by atoms with E-state index in [4.69, 9.17) is 10.8 Å². The lowest BCUT2D eigenvalue weighted by atomic mass is 9.93. The number of hydrogen-bond donors (Lipinski definition) is 2. The van der Waals surface area contributed by atoms with E-state index < -0.39 is 5.97 Å². The summed E-state index contributed by atoms with van der Waals surface area (Å²) < 4.78 is 0. The maximum Gasteiger partial charge on any atom is 0.323 e. The molecule has 20 heavy (non-hydrogen) atoms. The number of hydrogen-bond acceptors (Lipinski definition) is 3. The quantitative estimate of drug-likeness (QED) is 0.712. The zero-order chi connectivity index (χ0) is 15.1. The Morgan fingerprint density at radius 3 is 2.35 bits per heavy atom. The van der Waals surface area contributed by atoms with Gasteiger partial charge in [0.1, 0.15) is 6.54 Å². The average Bonchev–Trinajstić information content (AvgIpc) is 2.87. The Morgan fingerprint density at radius 2 is 1.90 bits per heavy atom. The third kappa shape index (κ3) is 5.49.